The van der Waals surface area contributed by atoms with E-state index in [-0.39, 0.29) is 16.1 Å². The van der Waals surface area contributed by atoms with Crippen LogP contribution in [0.15, 0.2) is 0 Å². The lowest BCUT2D eigenvalue weighted by Gasteiger charge is -2.06. The zero-order valence-corrected chi connectivity index (χ0v) is 7.33. The van der Waals surface area contributed by atoms with E-state index in [1.54, 1.807) is 0 Å². The summed E-state index contributed by atoms with van der Waals surface area (Å²) in [6.45, 7) is 4.91. The minimum absolute atomic E-state index is 0.0158. The van der Waals surface area contributed by atoms with Gasteiger partial charge in [-0.15, -0.1) is 0 Å². The molecular formula is C7H12O2S. The van der Waals surface area contributed by atoms with Gasteiger partial charge in [-0.2, -0.15) is 0 Å². The Morgan fingerprint density at radius 1 is 1.40 bits per heavy atom. The van der Waals surface area contributed by atoms with Crippen molar-refractivity contribution in [3.8, 4) is 0 Å². The van der Waals surface area contributed by atoms with Crippen molar-refractivity contribution < 1.29 is 9.59 Å². The summed E-state index contributed by atoms with van der Waals surface area (Å²) in [5.74, 6) is 0.0858. The van der Waals surface area contributed by atoms with E-state index in [9.17, 15) is 9.59 Å². The number of ketones is 1. The van der Waals surface area contributed by atoms with Gasteiger partial charge in [-0.25, -0.2) is 0 Å². The first kappa shape index (κ1) is 9.69. The Kier molecular flexibility index (Phi) is 4.36. The number of carbonyl (C=O) groups is 2. The van der Waals surface area contributed by atoms with Crippen molar-refractivity contribution in [3.05, 3.63) is 0 Å². The molecule has 1 atom stereocenters. The largest absolute Gasteiger partial charge is 0.299 e. The molecule has 0 saturated carbocycles. The van der Waals surface area contributed by atoms with Crippen molar-refractivity contribution in [3.63, 3.8) is 0 Å². The van der Waals surface area contributed by atoms with Gasteiger partial charge in [0.15, 0.2) is 5.12 Å². The molecule has 1 unspecified atom stereocenters. The molecule has 2 nitrogen and oxygen atoms in total. The predicted octanol–water partition coefficient (Wildman–Crippen LogP) is 1.63. The topological polar surface area (TPSA) is 34.1 Å². The maximum atomic E-state index is 10.7. The van der Waals surface area contributed by atoms with Gasteiger partial charge in [0, 0.05) is 6.92 Å². The Morgan fingerprint density at radius 3 is 2.00 bits per heavy atom. The van der Waals surface area contributed by atoms with Crippen LogP contribution < -0.4 is 0 Å². The van der Waals surface area contributed by atoms with Gasteiger partial charge in [0.1, 0.15) is 5.78 Å². The molecule has 0 radical (unpaired) electrons. The second kappa shape index (κ2) is 4.50. The van der Waals surface area contributed by atoms with Crippen LogP contribution in [0.3, 0.4) is 0 Å². The minimum Gasteiger partial charge on any atom is -0.299 e. The first-order chi connectivity index (χ1) is 4.57. The molecule has 0 fully saturated rings. The van der Waals surface area contributed by atoms with E-state index < -0.39 is 0 Å². The van der Waals surface area contributed by atoms with E-state index >= 15 is 0 Å². The van der Waals surface area contributed by atoms with Crippen molar-refractivity contribution in [1.82, 2.24) is 0 Å². The molecule has 0 aliphatic heterocycles. The average Bonchev–Trinajstić information content (AvgIpc) is 1.81. The number of rotatable bonds is 3. The Labute approximate surface area is 65.4 Å². The Balaban J connectivity index is 3.83. The van der Waals surface area contributed by atoms with Crippen molar-refractivity contribution in [1.29, 1.82) is 0 Å². The van der Waals surface area contributed by atoms with Crippen LogP contribution >= 0.6 is 11.8 Å². The molecule has 0 spiro atoms. The zero-order chi connectivity index (χ0) is 8.15. The fourth-order valence-electron chi connectivity index (χ4n) is 0.654. The third-order valence-electron chi connectivity index (χ3n) is 1.13. The van der Waals surface area contributed by atoms with Crippen LogP contribution in [-0.2, 0) is 9.59 Å². The van der Waals surface area contributed by atoms with Gasteiger partial charge >= 0.3 is 0 Å². The number of Topliss-reactive ketones (excluding diaryl/α,β-unsaturated/α-hetero) is 1. The van der Waals surface area contributed by atoms with Crippen LogP contribution in [0.1, 0.15) is 27.2 Å². The second-order valence-corrected chi connectivity index (χ2v) is 3.50. The van der Waals surface area contributed by atoms with Gasteiger partial charge in [0.2, 0.25) is 0 Å². The molecule has 10 heavy (non-hydrogen) atoms. The molecule has 0 aliphatic carbocycles. The first-order valence-corrected chi connectivity index (χ1v) is 4.13. The summed E-state index contributed by atoms with van der Waals surface area (Å²) in [6, 6.07) is 0. The normalized spacial score (nSPS) is 12.7. The summed E-state index contributed by atoms with van der Waals surface area (Å²) in [5, 5.41) is -0.112. The fraction of sp³-hybridized carbons (Fsp3) is 0.714. The molecule has 0 aromatic carbocycles. The van der Waals surface area contributed by atoms with Crippen molar-refractivity contribution in [2.75, 3.05) is 0 Å². The molecule has 0 amide bonds. The quantitative estimate of drug-likeness (QED) is 0.629. The summed E-state index contributed by atoms with van der Waals surface area (Å²) in [7, 11) is 0. The number of thioether (sulfide) groups is 1. The standard InChI is InChI=1S/C7H12O2S/c1-4-7(5(2)8)10-6(3)9/h7H,4H2,1-3H3. The predicted molar refractivity (Wildman–Crippen MR) is 43.0 cm³/mol. The van der Waals surface area contributed by atoms with Gasteiger partial charge in [0.05, 0.1) is 5.25 Å². The van der Waals surface area contributed by atoms with E-state index in [1.165, 1.54) is 13.8 Å². The van der Waals surface area contributed by atoms with Crippen LogP contribution in [0.25, 0.3) is 0 Å². The molecule has 0 N–H and O–H groups in total. The molecule has 3 heteroatoms. The highest BCUT2D eigenvalue weighted by Gasteiger charge is 2.13. The van der Waals surface area contributed by atoms with Crippen molar-refractivity contribution >= 4 is 22.7 Å². The molecule has 58 valence electrons. The lowest BCUT2D eigenvalue weighted by molar-refractivity contribution is -0.117. The van der Waals surface area contributed by atoms with Crippen LogP contribution in [0.5, 0.6) is 0 Å². The summed E-state index contributed by atoms with van der Waals surface area (Å²) in [6.07, 6.45) is 0.736. The molecule has 0 bridgehead atoms. The third kappa shape index (κ3) is 3.67. The average molecular weight is 160 g/mol. The summed E-state index contributed by atoms with van der Waals surface area (Å²) in [4.78, 5) is 21.3. The highest BCUT2D eigenvalue weighted by atomic mass is 32.2. The van der Waals surface area contributed by atoms with E-state index in [4.69, 9.17) is 0 Å². The van der Waals surface area contributed by atoms with E-state index in [1.807, 2.05) is 6.92 Å². The maximum absolute atomic E-state index is 10.7. The van der Waals surface area contributed by atoms with Crippen molar-refractivity contribution in [2.45, 2.75) is 32.4 Å². The van der Waals surface area contributed by atoms with Gasteiger partial charge in [-0.3, -0.25) is 9.59 Å². The summed E-state index contributed by atoms with van der Waals surface area (Å²) >= 11 is 1.12. The lowest BCUT2D eigenvalue weighted by atomic mass is 10.2. The first-order valence-electron chi connectivity index (χ1n) is 3.25. The number of carbonyl (C=O) groups excluding carboxylic acids is 2. The Morgan fingerprint density at radius 2 is 1.90 bits per heavy atom. The molecule has 0 aromatic rings. The van der Waals surface area contributed by atoms with Crippen molar-refractivity contribution in [2.24, 2.45) is 0 Å². The molecular weight excluding hydrogens is 148 g/mol. The molecule has 0 aliphatic rings. The SMILES string of the molecule is CCC(SC(C)=O)C(C)=O. The number of hydrogen-bond donors (Lipinski definition) is 0. The summed E-state index contributed by atoms with van der Waals surface area (Å²) < 4.78 is 0. The fourth-order valence-corrected chi connectivity index (χ4v) is 1.39. The monoisotopic (exact) mass is 160 g/mol. The third-order valence-corrected chi connectivity index (χ3v) is 2.41. The van der Waals surface area contributed by atoms with Gasteiger partial charge in [-0.05, 0) is 13.3 Å². The molecule has 0 saturated heterocycles. The molecule has 0 aromatic heterocycles. The molecule has 0 rings (SSSR count). The Bertz CT molecular complexity index is 143. The zero-order valence-electron chi connectivity index (χ0n) is 6.51. The lowest BCUT2D eigenvalue weighted by Crippen LogP contribution is -2.13. The minimum atomic E-state index is -0.127. The van der Waals surface area contributed by atoms with Crippen LogP contribution in [0.2, 0.25) is 0 Å². The van der Waals surface area contributed by atoms with Crippen LogP contribution in [-0.4, -0.2) is 16.1 Å². The van der Waals surface area contributed by atoms with Gasteiger partial charge in [-0.1, -0.05) is 18.7 Å². The number of hydrogen-bond acceptors (Lipinski definition) is 3. The Hall–Kier alpha value is -0.310. The highest BCUT2D eigenvalue weighted by molar-refractivity contribution is 8.14. The van der Waals surface area contributed by atoms with E-state index in [0.717, 1.165) is 18.2 Å². The summed E-state index contributed by atoms with van der Waals surface area (Å²) in [5.41, 5.74) is 0. The smallest absolute Gasteiger partial charge is 0.186 e. The van der Waals surface area contributed by atoms with Gasteiger partial charge < -0.3 is 0 Å². The highest BCUT2D eigenvalue weighted by Crippen LogP contribution is 2.15. The van der Waals surface area contributed by atoms with E-state index in [2.05, 4.69) is 0 Å². The van der Waals surface area contributed by atoms with E-state index in [0.29, 0.717) is 0 Å². The maximum Gasteiger partial charge on any atom is 0.186 e. The second-order valence-electron chi connectivity index (χ2n) is 2.12. The van der Waals surface area contributed by atoms with Crippen LogP contribution in [0.4, 0.5) is 0 Å². The van der Waals surface area contributed by atoms with Crippen LogP contribution in [0, 0.1) is 0 Å². The molecule has 0 heterocycles. The van der Waals surface area contributed by atoms with Gasteiger partial charge in [0.25, 0.3) is 0 Å².